The van der Waals surface area contributed by atoms with E-state index in [1.165, 1.54) is 0 Å². The lowest BCUT2D eigenvalue weighted by molar-refractivity contribution is 0.107. The Hall–Kier alpha value is -0.980. The number of methoxy groups -OCH3 is 1. The van der Waals surface area contributed by atoms with E-state index in [1.54, 1.807) is 7.11 Å². The minimum absolute atomic E-state index is 0.408. The van der Waals surface area contributed by atoms with Crippen molar-refractivity contribution in [3.8, 4) is 0 Å². The fraction of sp³-hybridized carbons (Fsp3) is 0.818. The molecule has 0 radical (unpaired) electrons. The van der Waals surface area contributed by atoms with Crippen LogP contribution >= 0.6 is 0 Å². The van der Waals surface area contributed by atoms with Crippen LogP contribution in [0, 0.1) is 0 Å². The molecule has 2 rings (SSSR count). The molecule has 1 fully saturated rings. The first-order valence-electron chi connectivity index (χ1n) is 6.10. The Balaban J connectivity index is 1.74. The minimum atomic E-state index is 0.408. The lowest BCUT2D eigenvalue weighted by Crippen LogP contribution is -2.26. The number of rotatable bonds is 6. The molecular formula is C11H21N5O. The second-order valence-electron chi connectivity index (χ2n) is 4.45. The summed E-state index contributed by atoms with van der Waals surface area (Å²) in [4.78, 5) is 2.41. The standard InChI is InChI=1S/C11H21N5O/c1-12-7-10-8-16(14-13-10)6-5-15-4-3-11(9-15)17-2/h8,11-12H,3-7,9H2,1-2H3. The van der Waals surface area contributed by atoms with E-state index in [9.17, 15) is 0 Å². The number of nitrogens with zero attached hydrogens (tertiary/aromatic N) is 4. The van der Waals surface area contributed by atoms with Crippen molar-refractivity contribution >= 4 is 0 Å². The average molecular weight is 239 g/mol. The molecule has 1 aliphatic heterocycles. The lowest BCUT2D eigenvalue weighted by Gasteiger charge is -2.14. The molecule has 6 heteroatoms. The Morgan fingerprint density at radius 1 is 1.53 bits per heavy atom. The van der Waals surface area contributed by atoms with E-state index in [2.05, 4.69) is 20.5 Å². The molecule has 0 aromatic carbocycles. The third-order valence-electron chi connectivity index (χ3n) is 3.15. The molecule has 0 saturated carbocycles. The van der Waals surface area contributed by atoms with Crippen LogP contribution in [0.25, 0.3) is 0 Å². The van der Waals surface area contributed by atoms with Crippen LogP contribution in [0.4, 0.5) is 0 Å². The number of likely N-dealkylation sites (tertiary alicyclic amines) is 1. The van der Waals surface area contributed by atoms with Gasteiger partial charge in [-0.3, -0.25) is 9.58 Å². The third kappa shape index (κ3) is 3.49. The third-order valence-corrected chi connectivity index (χ3v) is 3.15. The van der Waals surface area contributed by atoms with Crippen LogP contribution in [0.3, 0.4) is 0 Å². The molecule has 1 atom stereocenters. The summed E-state index contributed by atoms with van der Waals surface area (Å²) < 4.78 is 7.25. The maximum absolute atomic E-state index is 5.34. The largest absolute Gasteiger partial charge is 0.380 e. The van der Waals surface area contributed by atoms with Crippen LogP contribution in [-0.4, -0.2) is 59.8 Å². The van der Waals surface area contributed by atoms with Crippen molar-refractivity contribution < 1.29 is 4.74 Å². The van der Waals surface area contributed by atoms with Crippen LogP contribution in [0.15, 0.2) is 6.20 Å². The number of hydrogen-bond acceptors (Lipinski definition) is 5. The van der Waals surface area contributed by atoms with Gasteiger partial charge in [0.1, 0.15) is 0 Å². The van der Waals surface area contributed by atoms with E-state index < -0.39 is 0 Å². The fourth-order valence-electron chi connectivity index (χ4n) is 2.15. The highest BCUT2D eigenvalue weighted by Crippen LogP contribution is 2.11. The molecule has 1 unspecified atom stereocenters. The molecule has 1 saturated heterocycles. The first-order valence-corrected chi connectivity index (χ1v) is 6.10. The second kappa shape index (κ2) is 6.09. The Labute approximate surface area is 102 Å². The van der Waals surface area contributed by atoms with Crippen molar-refractivity contribution in [2.24, 2.45) is 0 Å². The van der Waals surface area contributed by atoms with Gasteiger partial charge in [0.15, 0.2) is 0 Å². The van der Waals surface area contributed by atoms with Crippen molar-refractivity contribution in [3.05, 3.63) is 11.9 Å². The van der Waals surface area contributed by atoms with Gasteiger partial charge < -0.3 is 10.1 Å². The molecule has 1 aliphatic rings. The molecule has 1 aromatic rings. The van der Waals surface area contributed by atoms with Crippen molar-refractivity contribution in [2.75, 3.05) is 33.8 Å². The highest BCUT2D eigenvalue weighted by molar-refractivity contribution is 4.91. The van der Waals surface area contributed by atoms with Gasteiger partial charge in [-0.15, -0.1) is 5.10 Å². The predicted octanol–water partition coefficient (Wildman–Crippen LogP) is -0.282. The number of nitrogens with one attached hydrogen (secondary N) is 1. The van der Waals surface area contributed by atoms with Crippen LogP contribution in [0.5, 0.6) is 0 Å². The molecule has 96 valence electrons. The molecule has 0 aliphatic carbocycles. The van der Waals surface area contributed by atoms with Gasteiger partial charge in [0.05, 0.1) is 18.3 Å². The van der Waals surface area contributed by atoms with Crippen molar-refractivity contribution in [2.45, 2.75) is 25.6 Å². The van der Waals surface area contributed by atoms with Gasteiger partial charge in [0.2, 0.25) is 0 Å². The van der Waals surface area contributed by atoms with Crippen LogP contribution < -0.4 is 5.32 Å². The highest BCUT2D eigenvalue weighted by Gasteiger charge is 2.21. The topological polar surface area (TPSA) is 55.2 Å². The zero-order valence-corrected chi connectivity index (χ0v) is 10.6. The van der Waals surface area contributed by atoms with Gasteiger partial charge in [-0.05, 0) is 13.5 Å². The zero-order valence-electron chi connectivity index (χ0n) is 10.6. The normalized spacial score (nSPS) is 21.2. The molecule has 2 heterocycles. The van der Waals surface area contributed by atoms with E-state index in [1.807, 2.05) is 17.9 Å². The maximum atomic E-state index is 5.34. The number of ether oxygens (including phenoxy) is 1. The maximum Gasteiger partial charge on any atom is 0.0964 e. The molecule has 0 spiro atoms. The SMILES string of the molecule is CNCc1cn(CCN2CCC(OC)C2)nn1. The summed E-state index contributed by atoms with van der Waals surface area (Å²) in [7, 11) is 3.70. The Morgan fingerprint density at radius 2 is 2.41 bits per heavy atom. The summed E-state index contributed by atoms with van der Waals surface area (Å²) in [5, 5.41) is 11.3. The Kier molecular flexibility index (Phi) is 4.47. The average Bonchev–Trinajstić information content (AvgIpc) is 2.95. The van der Waals surface area contributed by atoms with Crippen LogP contribution in [0.2, 0.25) is 0 Å². The van der Waals surface area contributed by atoms with E-state index >= 15 is 0 Å². The van der Waals surface area contributed by atoms with E-state index in [-0.39, 0.29) is 0 Å². The van der Waals surface area contributed by atoms with Gasteiger partial charge in [-0.25, -0.2) is 0 Å². The number of hydrogen-bond donors (Lipinski definition) is 1. The monoisotopic (exact) mass is 239 g/mol. The van der Waals surface area contributed by atoms with Crippen molar-refractivity contribution in [1.29, 1.82) is 0 Å². The molecule has 1 aromatic heterocycles. The van der Waals surface area contributed by atoms with Gasteiger partial charge in [-0.1, -0.05) is 5.21 Å². The van der Waals surface area contributed by atoms with E-state index in [0.717, 1.165) is 44.8 Å². The summed E-state index contributed by atoms with van der Waals surface area (Å²) >= 11 is 0. The first-order chi connectivity index (χ1) is 8.31. The van der Waals surface area contributed by atoms with E-state index in [0.29, 0.717) is 6.10 Å². The zero-order chi connectivity index (χ0) is 12.1. The predicted molar refractivity (Wildman–Crippen MR) is 64.6 cm³/mol. The van der Waals surface area contributed by atoms with Gasteiger partial charge in [-0.2, -0.15) is 0 Å². The van der Waals surface area contributed by atoms with Gasteiger partial charge in [0, 0.05) is 39.5 Å². The van der Waals surface area contributed by atoms with Gasteiger partial charge >= 0.3 is 0 Å². The molecule has 0 bridgehead atoms. The summed E-state index contributed by atoms with van der Waals surface area (Å²) in [6.45, 7) is 4.84. The summed E-state index contributed by atoms with van der Waals surface area (Å²) in [6.07, 6.45) is 3.55. The number of aromatic nitrogens is 3. The molecule has 0 amide bonds. The fourth-order valence-corrected chi connectivity index (χ4v) is 2.15. The first kappa shape index (κ1) is 12.5. The van der Waals surface area contributed by atoms with Crippen LogP contribution in [0.1, 0.15) is 12.1 Å². The van der Waals surface area contributed by atoms with Crippen molar-refractivity contribution in [3.63, 3.8) is 0 Å². The van der Waals surface area contributed by atoms with Crippen molar-refractivity contribution in [1.82, 2.24) is 25.2 Å². The van der Waals surface area contributed by atoms with Gasteiger partial charge in [0.25, 0.3) is 0 Å². The lowest BCUT2D eigenvalue weighted by atomic mass is 10.3. The highest BCUT2D eigenvalue weighted by atomic mass is 16.5. The van der Waals surface area contributed by atoms with E-state index in [4.69, 9.17) is 4.74 Å². The summed E-state index contributed by atoms with van der Waals surface area (Å²) in [5.74, 6) is 0. The molecule has 1 N–H and O–H groups in total. The second-order valence-corrected chi connectivity index (χ2v) is 4.45. The molecule has 6 nitrogen and oxygen atoms in total. The Morgan fingerprint density at radius 3 is 3.12 bits per heavy atom. The molecular weight excluding hydrogens is 218 g/mol. The smallest absolute Gasteiger partial charge is 0.0964 e. The quantitative estimate of drug-likeness (QED) is 0.740. The summed E-state index contributed by atoms with van der Waals surface area (Å²) in [5.41, 5.74) is 0.990. The van der Waals surface area contributed by atoms with Crippen LogP contribution in [-0.2, 0) is 17.8 Å². The molecule has 17 heavy (non-hydrogen) atoms. The Bertz CT molecular complexity index is 340. The minimum Gasteiger partial charge on any atom is -0.380 e. The summed E-state index contributed by atoms with van der Waals surface area (Å²) in [6, 6.07) is 0.